The van der Waals surface area contributed by atoms with Gasteiger partial charge >= 0.3 is 6.09 Å². The summed E-state index contributed by atoms with van der Waals surface area (Å²) in [6.07, 6.45) is 3.24. The van der Waals surface area contributed by atoms with Crippen molar-refractivity contribution in [2.24, 2.45) is 0 Å². The molecule has 0 atom stereocenters. The average Bonchev–Trinajstić information content (AvgIpc) is 2.91. The number of amides is 1. The molecule has 6 heteroatoms. The van der Waals surface area contributed by atoms with Crippen molar-refractivity contribution in [1.29, 1.82) is 0 Å². The van der Waals surface area contributed by atoms with E-state index >= 15 is 0 Å². The summed E-state index contributed by atoms with van der Waals surface area (Å²) in [5.41, 5.74) is 3.20. The summed E-state index contributed by atoms with van der Waals surface area (Å²) < 4.78 is 17.4. The molecule has 1 fully saturated rings. The topological polar surface area (TPSA) is 60.9 Å². The minimum atomic E-state index is -0.618. The highest BCUT2D eigenvalue weighted by molar-refractivity contribution is 5.98. The molecule has 0 spiro atoms. The molecule has 0 unspecified atom stereocenters. The molecule has 0 bridgehead atoms. The normalized spacial score (nSPS) is 16.1. The lowest BCUT2D eigenvalue weighted by Gasteiger charge is -2.29. The van der Waals surface area contributed by atoms with Crippen molar-refractivity contribution in [1.82, 2.24) is 4.98 Å². The Morgan fingerprint density at radius 2 is 1.87 bits per heavy atom. The fourth-order valence-electron chi connectivity index (χ4n) is 3.91. The predicted molar refractivity (Wildman–Crippen MR) is 122 cm³/mol. The first-order chi connectivity index (χ1) is 14.8. The van der Waals surface area contributed by atoms with Gasteiger partial charge in [0, 0.05) is 25.0 Å². The fourth-order valence-corrected chi connectivity index (χ4v) is 3.91. The number of aromatic nitrogens is 1. The number of anilines is 2. The quantitative estimate of drug-likeness (QED) is 0.537. The van der Waals surface area contributed by atoms with Crippen LogP contribution in [0.3, 0.4) is 0 Å². The number of carbonyl (C=O) groups is 1. The van der Waals surface area contributed by atoms with E-state index in [4.69, 9.17) is 14.2 Å². The van der Waals surface area contributed by atoms with Gasteiger partial charge < -0.3 is 14.2 Å². The van der Waals surface area contributed by atoms with E-state index in [0.717, 1.165) is 37.2 Å². The molecular formula is C25H34N2O4. The minimum absolute atomic E-state index is 0.366. The number of fused-ring (bicyclic) bond motifs is 2. The van der Waals surface area contributed by atoms with Gasteiger partial charge in [0.25, 0.3) is 0 Å². The maximum atomic E-state index is 13.3. The summed E-state index contributed by atoms with van der Waals surface area (Å²) in [5.74, 6) is 1.61. The summed E-state index contributed by atoms with van der Waals surface area (Å²) in [5, 5.41) is 0. The Bertz CT molecular complexity index is 914. The summed E-state index contributed by atoms with van der Waals surface area (Å²) in [6, 6.07) is 7.88. The Balaban J connectivity index is 0.00000132. The Hall–Kier alpha value is -2.60. The molecule has 2 aliphatic heterocycles. The molecule has 31 heavy (non-hydrogen) atoms. The Morgan fingerprint density at radius 1 is 1.16 bits per heavy atom. The molecule has 1 aromatic heterocycles. The molecule has 2 aliphatic rings. The number of benzene rings is 1. The van der Waals surface area contributed by atoms with Crippen LogP contribution in [0.4, 0.5) is 16.3 Å². The first kappa shape index (κ1) is 23.1. The highest BCUT2D eigenvalue weighted by Gasteiger charge is 2.34. The Kier molecular flexibility index (Phi) is 7.21. The Morgan fingerprint density at radius 3 is 2.55 bits per heavy atom. The lowest BCUT2D eigenvalue weighted by molar-refractivity contribution is 0.0597. The molecular weight excluding hydrogens is 392 g/mol. The maximum absolute atomic E-state index is 13.3. The number of carbonyl (C=O) groups excluding carboxylic acids is 1. The van der Waals surface area contributed by atoms with E-state index in [9.17, 15) is 4.79 Å². The number of aryl methyl sites for hydroxylation is 1. The zero-order valence-electron chi connectivity index (χ0n) is 19.5. The van der Waals surface area contributed by atoms with E-state index in [1.807, 2.05) is 65.8 Å². The molecule has 6 nitrogen and oxygen atoms in total. The standard InChI is InChI=1S/C23H28N2O4.C2H6/c1-15-5-6-20-19(13-15)25(22(26)29-23(2,3)4)21-18(14-28-20)17(7-10-24-21)16-8-11-27-12-9-16;1-2/h5-7,10,13,16H,8-9,11-12,14H2,1-4H3;1-2H3. The van der Waals surface area contributed by atoms with Crippen molar-refractivity contribution < 1.29 is 19.0 Å². The van der Waals surface area contributed by atoms with E-state index in [1.54, 1.807) is 11.1 Å². The van der Waals surface area contributed by atoms with Crippen LogP contribution in [0.1, 0.15) is 70.1 Å². The molecule has 2 aromatic rings. The average molecular weight is 427 g/mol. The van der Waals surface area contributed by atoms with Gasteiger partial charge in [0.15, 0.2) is 0 Å². The van der Waals surface area contributed by atoms with Gasteiger partial charge in [0.1, 0.15) is 23.8 Å². The van der Waals surface area contributed by atoms with Crippen molar-refractivity contribution in [2.75, 3.05) is 18.1 Å². The van der Waals surface area contributed by atoms with Gasteiger partial charge in [-0.05, 0) is 75.8 Å². The summed E-state index contributed by atoms with van der Waals surface area (Å²) in [4.78, 5) is 19.5. The van der Waals surface area contributed by atoms with Gasteiger partial charge in [-0.3, -0.25) is 0 Å². The van der Waals surface area contributed by atoms with Crippen LogP contribution in [0.5, 0.6) is 5.75 Å². The molecule has 1 saturated heterocycles. The van der Waals surface area contributed by atoms with Crippen molar-refractivity contribution in [2.45, 2.75) is 72.5 Å². The molecule has 168 valence electrons. The van der Waals surface area contributed by atoms with E-state index in [2.05, 4.69) is 4.98 Å². The third kappa shape index (κ3) is 5.18. The molecule has 1 aromatic carbocycles. The summed E-state index contributed by atoms with van der Waals surface area (Å²) in [6.45, 7) is 13.4. The zero-order valence-corrected chi connectivity index (χ0v) is 19.5. The van der Waals surface area contributed by atoms with Crippen LogP contribution in [0.2, 0.25) is 0 Å². The second-order valence-electron chi connectivity index (χ2n) is 8.66. The van der Waals surface area contributed by atoms with Gasteiger partial charge in [-0.15, -0.1) is 0 Å². The van der Waals surface area contributed by atoms with Crippen LogP contribution in [0.25, 0.3) is 0 Å². The number of ether oxygens (including phenoxy) is 3. The molecule has 0 N–H and O–H groups in total. The molecule has 0 radical (unpaired) electrons. The van der Waals surface area contributed by atoms with Gasteiger partial charge in [-0.2, -0.15) is 0 Å². The first-order valence-electron chi connectivity index (χ1n) is 11.2. The third-order valence-electron chi connectivity index (χ3n) is 5.25. The SMILES string of the molecule is CC.Cc1ccc2c(c1)N(C(=O)OC(C)(C)C)c1nccc(C3CCOCC3)c1CO2. The molecule has 4 rings (SSSR count). The second kappa shape index (κ2) is 9.69. The van der Waals surface area contributed by atoms with Gasteiger partial charge in [-0.1, -0.05) is 19.9 Å². The van der Waals surface area contributed by atoms with E-state index in [1.165, 1.54) is 5.56 Å². The second-order valence-corrected chi connectivity index (χ2v) is 8.66. The first-order valence-corrected chi connectivity index (χ1v) is 11.2. The van der Waals surface area contributed by atoms with Crippen molar-refractivity contribution >= 4 is 17.6 Å². The van der Waals surface area contributed by atoms with Gasteiger partial charge in [-0.25, -0.2) is 14.7 Å². The van der Waals surface area contributed by atoms with Crippen molar-refractivity contribution in [3.63, 3.8) is 0 Å². The van der Waals surface area contributed by atoms with Crippen LogP contribution in [-0.2, 0) is 16.1 Å². The lowest BCUT2D eigenvalue weighted by Crippen LogP contribution is -2.34. The Labute approximate surface area is 185 Å². The smallest absolute Gasteiger partial charge is 0.420 e. The highest BCUT2D eigenvalue weighted by Crippen LogP contribution is 2.43. The molecule has 0 aliphatic carbocycles. The fraction of sp³-hybridized carbons (Fsp3) is 0.520. The van der Waals surface area contributed by atoms with E-state index in [0.29, 0.717) is 29.8 Å². The molecule has 3 heterocycles. The van der Waals surface area contributed by atoms with E-state index in [-0.39, 0.29) is 0 Å². The predicted octanol–water partition coefficient (Wildman–Crippen LogP) is 6.28. The number of hydrogen-bond donors (Lipinski definition) is 0. The number of nitrogens with zero attached hydrogens (tertiary/aromatic N) is 2. The van der Waals surface area contributed by atoms with Crippen molar-refractivity contribution in [3.05, 3.63) is 47.2 Å². The van der Waals surface area contributed by atoms with Crippen LogP contribution in [-0.4, -0.2) is 29.9 Å². The third-order valence-corrected chi connectivity index (χ3v) is 5.25. The van der Waals surface area contributed by atoms with Gasteiger partial charge in [0.05, 0.1) is 5.69 Å². The van der Waals surface area contributed by atoms with Crippen LogP contribution < -0.4 is 9.64 Å². The van der Waals surface area contributed by atoms with Crippen LogP contribution in [0, 0.1) is 6.92 Å². The number of pyridine rings is 1. The van der Waals surface area contributed by atoms with Gasteiger partial charge in [0.2, 0.25) is 0 Å². The number of hydrogen-bond acceptors (Lipinski definition) is 5. The molecule has 1 amide bonds. The molecule has 0 saturated carbocycles. The minimum Gasteiger partial charge on any atom is -0.487 e. The monoisotopic (exact) mass is 426 g/mol. The summed E-state index contributed by atoms with van der Waals surface area (Å²) >= 11 is 0. The van der Waals surface area contributed by atoms with Crippen molar-refractivity contribution in [3.8, 4) is 5.75 Å². The van der Waals surface area contributed by atoms with Crippen LogP contribution in [0.15, 0.2) is 30.5 Å². The maximum Gasteiger partial charge on any atom is 0.420 e. The summed E-state index contributed by atoms with van der Waals surface area (Å²) in [7, 11) is 0. The number of rotatable bonds is 1. The highest BCUT2D eigenvalue weighted by atomic mass is 16.6. The van der Waals surface area contributed by atoms with E-state index < -0.39 is 11.7 Å². The largest absolute Gasteiger partial charge is 0.487 e. The zero-order chi connectivity index (χ0) is 22.6. The van der Waals surface area contributed by atoms with Crippen LogP contribution >= 0.6 is 0 Å². The lowest BCUT2D eigenvalue weighted by atomic mass is 9.89.